The molecule has 1 atom stereocenters. The number of anilines is 2. The lowest BCUT2D eigenvalue weighted by molar-refractivity contribution is -0.113. The summed E-state index contributed by atoms with van der Waals surface area (Å²) in [4.78, 5) is 18.4. The highest BCUT2D eigenvalue weighted by Crippen LogP contribution is 2.40. The summed E-state index contributed by atoms with van der Waals surface area (Å²) in [6, 6.07) is 22.9. The van der Waals surface area contributed by atoms with Gasteiger partial charge in [-0.15, -0.1) is 5.10 Å². The first-order chi connectivity index (χ1) is 19.0. The Morgan fingerprint density at radius 3 is 2.62 bits per heavy atom. The third-order valence-corrected chi connectivity index (χ3v) is 7.09. The van der Waals surface area contributed by atoms with E-state index in [1.165, 1.54) is 0 Å². The number of rotatable bonds is 9. The molecule has 2 heterocycles. The number of hydrogen-bond donors (Lipinski definition) is 2. The Bertz CT molecular complexity index is 1520. The molecule has 0 bridgehead atoms. The van der Waals surface area contributed by atoms with Gasteiger partial charge in [-0.05, 0) is 60.6 Å². The molecule has 9 heteroatoms. The fourth-order valence-corrected chi connectivity index (χ4v) is 5.11. The number of carbonyl (C=O) groups excluding carboxylic acids is 1. The van der Waals surface area contributed by atoms with Gasteiger partial charge in [-0.2, -0.15) is 4.98 Å². The third kappa shape index (κ3) is 5.78. The quantitative estimate of drug-likeness (QED) is 0.243. The van der Waals surface area contributed by atoms with Gasteiger partial charge in [-0.25, -0.2) is 4.68 Å². The molecule has 1 aliphatic rings. The molecular formula is C30H31N5O3S. The maximum absolute atomic E-state index is 13.8. The SMILES string of the molecule is CCSc1nc2n(n1)C(c1ccc(OCc3ccccc3)c(OC)c1)C(C(=O)Nc1cccc(C)c1)=C(C)N2. The minimum absolute atomic E-state index is 0.218. The Morgan fingerprint density at radius 1 is 1.05 bits per heavy atom. The summed E-state index contributed by atoms with van der Waals surface area (Å²) in [6.07, 6.45) is 0. The average molecular weight is 542 g/mol. The van der Waals surface area contributed by atoms with Crippen molar-refractivity contribution in [1.82, 2.24) is 14.8 Å². The number of aromatic nitrogens is 3. The second-order valence-corrected chi connectivity index (χ2v) is 10.4. The van der Waals surface area contributed by atoms with Gasteiger partial charge in [0.25, 0.3) is 5.91 Å². The smallest absolute Gasteiger partial charge is 0.255 e. The van der Waals surface area contributed by atoms with Crippen molar-refractivity contribution < 1.29 is 14.3 Å². The second-order valence-electron chi connectivity index (χ2n) is 9.17. The van der Waals surface area contributed by atoms with E-state index in [4.69, 9.17) is 14.6 Å². The van der Waals surface area contributed by atoms with E-state index in [-0.39, 0.29) is 5.91 Å². The first-order valence-electron chi connectivity index (χ1n) is 12.8. The molecule has 0 spiro atoms. The van der Waals surface area contributed by atoms with E-state index in [0.717, 1.165) is 28.1 Å². The Morgan fingerprint density at radius 2 is 1.87 bits per heavy atom. The fourth-order valence-electron chi connectivity index (χ4n) is 4.55. The number of thioether (sulfide) groups is 1. The molecule has 1 aromatic heterocycles. The minimum Gasteiger partial charge on any atom is -0.493 e. The molecule has 5 rings (SSSR count). The zero-order chi connectivity index (χ0) is 27.4. The number of benzene rings is 3. The van der Waals surface area contributed by atoms with E-state index >= 15 is 0 Å². The van der Waals surface area contributed by atoms with Crippen molar-refractivity contribution >= 4 is 29.3 Å². The molecule has 3 aromatic carbocycles. The van der Waals surface area contributed by atoms with Gasteiger partial charge in [0.15, 0.2) is 11.5 Å². The van der Waals surface area contributed by atoms with E-state index in [9.17, 15) is 4.79 Å². The number of fused-ring (bicyclic) bond motifs is 1. The molecule has 8 nitrogen and oxygen atoms in total. The molecule has 0 saturated carbocycles. The van der Waals surface area contributed by atoms with Crippen molar-refractivity contribution in [3.63, 3.8) is 0 Å². The lowest BCUT2D eigenvalue weighted by Crippen LogP contribution is -2.31. The van der Waals surface area contributed by atoms with Crippen molar-refractivity contribution in [3.05, 3.63) is 101 Å². The first kappa shape index (κ1) is 26.4. The molecular weight excluding hydrogens is 510 g/mol. The maximum atomic E-state index is 13.8. The van der Waals surface area contributed by atoms with Crippen LogP contribution in [0.3, 0.4) is 0 Å². The zero-order valence-electron chi connectivity index (χ0n) is 22.4. The number of ether oxygens (including phenoxy) is 2. The van der Waals surface area contributed by atoms with Crippen LogP contribution in [0.4, 0.5) is 11.6 Å². The fraction of sp³-hybridized carbons (Fsp3) is 0.233. The highest BCUT2D eigenvalue weighted by atomic mass is 32.2. The molecule has 1 amide bonds. The van der Waals surface area contributed by atoms with E-state index in [2.05, 4.69) is 22.5 Å². The highest BCUT2D eigenvalue weighted by molar-refractivity contribution is 7.99. The Labute approximate surface area is 232 Å². The van der Waals surface area contributed by atoms with Crippen molar-refractivity contribution in [2.24, 2.45) is 0 Å². The first-order valence-corrected chi connectivity index (χ1v) is 13.7. The molecule has 0 radical (unpaired) electrons. The summed E-state index contributed by atoms with van der Waals surface area (Å²) in [7, 11) is 1.61. The van der Waals surface area contributed by atoms with Gasteiger partial charge >= 0.3 is 0 Å². The predicted octanol–water partition coefficient (Wildman–Crippen LogP) is 6.21. The van der Waals surface area contributed by atoms with Gasteiger partial charge < -0.3 is 20.1 Å². The van der Waals surface area contributed by atoms with E-state index in [1.807, 2.05) is 86.6 Å². The van der Waals surface area contributed by atoms with Crippen LogP contribution in [0.15, 0.2) is 89.2 Å². The highest BCUT2D eigenvalue weighted by Gasteiger charge is 2.35. The molecule has 2 N–H and O–H groups in total. The van der Waals surface area contributed by atoms with Crippen LogP contribution in [0.1, 0.15) is 36.6 Å². The molecule has 0 saturated heterocycles. The van der Waals surface area contributed by atoms with E-state index < -0.39 is 6.04 Å². The summed E-state index contributed by atoms with van der Waals surface area (Å²) in [5.74, 6) is 2.39. The number of hydrogen-bond acceptors (Lipinski definition) is 7. The van der Waals surface area contributed by atoms with Crippen LogP contribution in [0, 0.1) is 6.92 Å². The molecule has 1 aliphatic heterocycles. The normalized spacial score (nSPS) is 14.4. The number of nitrogens with zero attached hydrogens (tertiary/aromatic N) is 3. The van der Waals surface area contributed by atoms with Gasteiger partial charge in [0.2, 0.25) is 11.1 Å². The number of carbonyl (C=O) groups is 1. The average Bonchev–Trinajstić information content (AvgIpc) is 3.33. The summed E-state index contributed by atoms with van der Waals surface area (Å²) < 4.78 is 13.6. The van der Waals surface area contributed by atoms with Crippen molar-refractivity contribution in [1.29, 1.82) is 0 Å². The number of nitrogens with one attached hydrogen (secondary N) is 2. The van der Waals surface area contributed by atoms with Gasteiger partial charge in [0.1, 0.15) is 12.6 Å². The molecule has 0 fully saturated rings. The zero-order valence-corrected chi connectivity index (χ0v) is 23.2. The molecule has 0 aliphatic carbocycles. The van der Waals surface area contributed by atoms with Crippen LogP contribution in [0.2, 0.25) is 0 Å². The summed E-state index contributed by atoms with van der Waals surface area (Å²) in [5.41, 5.74) is 4.93. The monoisotopic (exact) mass is 541 g/mol. The van der Waals surface area contributed by atoms with Crippen molar-refractivity contribution in [2.75, 3.05) is 23.5 Å². The van der Waals surface area contributed by atoms with Crippen LogP contribution in [0.5, 0.6) is 11.5 Å². The molecule has 4 aromatic rings. The number of allylic oxidation sites excluding steroid dienone is 1. The predicted molar refractivity (Wildman–Crippen MR) is 154 cm³/mol. The van der Waals surface area contributed by atoms with Gasteiger partial charge in [-0.1, -0.05) is 67.2 Å². The van der Waals surface area contributed by atoms with E-state index in [0.29, 0.717) is 40.5 Å². The third-order valence-electron chi connectivity index (χ3n) is 6.37. The van der Waals surface area contributed by atoms with Crippen LogP contribution < -0.4 is 20.1 Å². The van der Waals surface area contributed by atoms with Crippen LogP contribution in [-0.4, -0.2) is 33.5 Å². The Kier molecular flexibility index (Phi) is 7.88. The van der Waals surface area contributed by atoms with Crippen LogP contribution >= 0.6 is 11.8 Å². The Balaban J connectivity index is 1.52. The summed E-state index contributed by atoms with van der Waals surface area (Å²) in [6.45, 7) is 6.35. The van der Waals surface area contributed by atoms with Gasteiger partial charge in [0, 0.05) is 11.4 Å². The molecule has 200 valence electrons. The van der Waals surface area contributed by atoms with Crippen LogP contribution in [-0.2, 0) is 11.4 Å². The number of aryl methyl sites for hydroxylation is 1. The molecule has 1 unspecified atom stereocenters. The maximum Gasteiger partial charge on any atom is 0.255 e. The number of methoxy groups -OCH3 is 1. The van der Waals surface area contributed by atoms with E-state index in [1.54, 1.807) is 23.6 Å². The lowest BCUT2D eigenvalue weighted by atomic mass is 9.94. The number of amides is 1. The van der Waals surface area contributed by atoms with Crippen molar-refractivity contribution in [3.8, 4) is 11.5 Å². The minimum atomic E-state index is -0.526. The standard InChI is InChI=1S/C30H31N5O3S/c1-5-39-30-33-29-31-20(3)26(28(36)32-23-13-9-10-19(2)16-23)27(35(29)34-30)22-14-15-24(25(17-22)37-4)38-18-21-11-7-6-8-12-21/h6-17,27H,5,18H2,1-4H3,(H,32,36)(H,31,33,34). The summed E-state index contributed by atoms with van der Waals surface area (Å²) in [5, 5.41) is 11.8. The summed E-state index contributed by atoms with van der Waals surface area (Å²) >= 11 is 1.55. The topological polar surface area (TPSA) is 90.3 Å². The Hall–Kier alpha value is -4.24. The second kappa shape index (κ2) is 11.7. The largest absolute Gasteiger partial charge is 0.493 e. The van der Waals surface area contributed by atoms with Gasteiger partial charge in [-0.3, -0.25) is 4.79 Å². The van der Waals surface area contributed by atoms with Crippen LogP contribution in [0.25, 0.3) is 0 Å². The molecule has 39 heavy (non-hydrogen) atoms. The lowest BCUT2D eigenvalue weighted by Gasteiger charge is -2.29. The van der Waals surface area contributed by atoms with Crippen molar-refractivity contribution in [2.45, 2.75) is 38.6 Å². The van der Waals surface area contributed by atoms with Gasteiger partial charge in [0.05, 0.1) is 12.7 Å².